The highest BCUT2D eigenvalue weighted by Gasteiger charge is 2.30. The molecule has 0 aliphatic heterocycles. The van der Waals surface area contributed by atoms with Crippen LogP contribution in [-0.2, 0) is 21.0 Å². The number of nitrogens with zero attached hydrogens (tertiary/aromatic N) is 2. The second-order valence-electron chi connectivity index (χ2n) is 5.19. The Morgan fingerprint density at radius 3 is 2.18 bits per heavy atom. The van der Waals surface area contributed by atoms with Gasteiger partial charge in [-0.3, -0.25) is 9.59 Å². The van der Waals surface area contributed by atoms with Gasteiger partial charge in [-0.15, -0.1) is 0 Å². The molecule has 150 valence electrons. The van der Waals surface area contributed by atoms with Crippen molar-refractivity contribution in [2.45, 2.75) is 11.1 Å². The number of hydrogen-bond acceptors (Lipinski definition) is 7. The maximum absolute atomic E-state index is 12.5. The van der Waals surface area contributed by atoms with Gasteiger partial charge in [0, 0.05) is 5.56 Å². The number of nitrogens with one attached hydrogen (secondary N) is 2. The number of carbonyl (C=O) groups excluding carboxylic acids is 2. The summed E-state index contributed by atoms with van der Waals surface area (Å²) in [5.41, 5.74) is -1.07. The SMILES string of the molecule is COc1ncc(S(=O)(=O)NC(=O)CNC(=O)c2ccc(C(F)(F)F)cc2)cn1. The molecule has 1 aromatic heterocycles. The summed E-state index contributed by atoms with van der Waals surface area (Å²) in [6, 6.07) is 3.21. The number of carbonyl (C=O) groups is 2. The summed E-state index contributed by atoms with van der Waals surface area (Å²) in [5.74, 6) is -1.93. The summed E-state index contributed by atoms with van der Waals surface area (Å²) >= 11 is 0. The monoisotopic (exact) mass is 418 g/mol. The fraction of sp³-hybridized carbons (Fsp3) is 0.200. The third-order valence-electron chi connectivity index (χ3n) is 3.23. The first-order valence-electron chi connectivity index (χ1n) is 7.40. The van der Waals surface area contributed by atoms with Crippen LogP contribution in [-0.4, -0.2) is 43.9 Å². The molecule has 1 heterocycles. The minimum atomic E-state index is -4.55. The van der Waals surface area contributed by atoms with Gasteiger partial charge >= 0.3 is 12.2 Å². The third kappa shape index (κ3) is 5.39. The van der Waals surface area contributed by atoms with Gasteiger partial charge in [-0.1, -0.05) is 0 Å². The number of sulfonamides is 1. The number of rotatable bonds is 6. The van der Waals surface area contributed by atoms with Crippen molar-refractivity contribution in [1.29, 1.82) is 0 Å². The van der Waals surface area contributed by atoms with Gasteiger partial charge in [0.2, 0.25) is 0 Å². The summed E-state index contributed by atoms with van der Waals surface area (Å²) in [6.45, 7) is -0.726. The van der Waals surface area contributed by atoms with E-state index in [4.69, 9.17) is 0 Å². The quantitative estimate of drug-likeness (QED) is 0.708. The number of alkyl halides is 3. The molecule has 9 nitrogen and oxygen atoms in total. The van der Waals surface area contributed by atoms with Crippen molar-refractivity contribution >= 4 is 21.8 Å². The lowest BCUT2D eigenvalue weighted by molar-refractivity contribution is -0.137. The van der Waals surface area contributed by atoms with Gasteiger partial charge in [-0.25, -0.2) is 23.1 Å². The first kappa shape index (κ1) is 21.1. The molecule has 0 saturated carbocycles. The molecule has 2 N–H and O–H groups in total. The molecule has 2 aromatic rings. The highest BCUT2D eigenvalue weighted by Crippen LogP contribution is 2.29. The molecule has 0 saturated heterocycles. The van der Waals surface area contributed by atoms with Gasteiger partial charge in [0.15, 0.2) is 0 Å². The van der Waals surface area contributed by atoms with Gasteiger partial charge in [-0.2, -0.15) is 13.2 Å². The Kier molecular flexibility index (Phi) is 6.18. The number of benzene rings is 1. The molecule has 1 aromatic carbocycles. The predicted molar refractivity (Wildman–Crippen MR) is 87.7 cm³/mol. The Balaban J connectivity index is 1.94. The fourth-order valence-electron chi connectivity index (χ4n) is 1.87. The molecule has 13 heteroatoms. The molecule has 0 atom stereocenters. The van der Waals surface area contributed by atoms with Gasteiger partial charge in [0.25, 0.3) is 21.8 Å². The Morgan fingerprint density at radius 1 is 1.11 bits per heavy atom. The first-order valence-corrected chi connectivity index (χ1v) is 8.88. The zero-order valence-electron chi connectivity index (χ0n) is 14.1. The largest absolute Gasteiger partial charge is 0.467 e. The zero-order chi connectivity index (χ0) is 20.9. The molecular weight excluding hydrogens is 405 g/mol. The van der Waals surface area contributed by atoms with Crippen LogP contribution in [0.25, 0.3) is 0 Å². The zero-order valence-corrected chi connectivity index (χ0v) is 15.0. The molecule has 0 unspecified atom stereocenters. The van der Waals surface area contributed by atoms with Crippen LogP contribution in [0, 0.1) is 0 Å². The van der Waals surface area contributed by atoms with Crippen LogP contribution in [0.5, 0.6) is 6.01 Å². The fourth-order valence-corrected chi connectivity index (χ4v) is 2.74. The van der Waals surface area contributed by atoms with Crippen molar-refractivity contribution < 1.29 is 35.9 Å². The van der Waals surface area contributed by atoms with Crippen LogP contribution >= 0.6 is 0 Å². The Hall–Kier alpha value is -3.22. The van der Waals surface area contributed by atoms with Crippen molar-refractivity contribution in [3.8, 4) is 6.01 Å². The van der Waals surface area contributed by atoms with E-state index in [2.05, 4.69) is 20.0 Å². The number of hydrogen-bond donors (Lipinski definition) is 2. The second-order valence-corrected chi connectivity index (χ2v) is 6.87. The normalized spacial score (nSPS) is 11.6. The van der Waals surface area contributed by atoms with Crippen molar-refractivity contribution in [2.24, 2.45) is 0 Å². The summed E-state index contributed by atoms with van der Waals surface area (Å²) in [6.07, 6.45) is -2.71. The standard InChI is InChI=1S/C15H13F3N4O5S/c1-27-14-20-6-11(7-21-14)28(25,26)22-12(23)8-19-13(24)9-2-4-10(5-3-9)15(16,17)18/h2-7H,8H2,1H3,(H,19,24)(H,22,23). The Labute approximate surface area is 157 Å². The van der Waals surface area contributed by atoms with Gasteiger partial charge in [0.1, 0.15) is 4.90 Å². The van der Waals surface area contributed by atoms with Crippen LogP contribution < -0.4 is 14.8 Å². The van der Waals surface area contributed by atoms with Crippen molar-refractivity contribution in [3.63, 3.8) is 0 Å². The molecule has 0 fully saturated rings. The van der Waals surface area contributed by atoms with Gasteiger partial charge in [-0.05, 0) is 24.3 Å². The van der Waals surface area contributed by atoms with Crippen molar-refractivity contribution in [3.05, 3.63) is 47.8 Å². The highest BCUT2D eigenvalue weighted by atomic mass is 32.2. The van der Waals surface area contributed by atoms with Gasteiger partial charge < -0.3 is 10.1 Å². The second kappa shape index (κ2) is 8.21. The molecule has 2 rings (SSSR count). The molecule has 0 aliphatic carbocycles. The minimum Gasteiger partial charge on any atom is -0.467 e. The number of methoxy groups -OCH3 is 1. The van der Waals surface area contributed by atoms with Crippen molar-refractivity contribution in [2.75, 3.05) is 13.7 Å². The van der Waals surface area contributed by atoms with E-state index in [1.54, 1.807) is 4.72 Å². The van der Waals surface area contributed by atoms with Crippen LogP contribution in [0.3, 0.4) is 0 Å². The average molecular weight is 418 g/mol. The lowest BCUT2D eigenvalue weighted by Gasteiger charge is -2.09. The Morgan fingerprint density at radius 2 is 1.68 bits per heavy atom. The minimum absolute atomic E-state index is 0.0749. The number of ether oxygens (including phenoxy) is 1. The molecule has 28 heavy (non-hydrogen) atoms. The molecule has 0 spiro atoms. The van der Waals surface area contributed by atoms with Crippen LogP contribution in [0.1, 0.15) is 15.9 Å². The van der Waals surface area contributed by atoms with E-state index in [0.29, 0.717) is 12.1 Å². The topological polar surface area (TPSA) is 127 Å². The highest BCUT2D eigenvalue weighted by molar-refractivity contribution is 7.90. The van der Waals surface area contributed by atoms with E-state index in [1.165, 1.54) is 7.11 Å². The maximum Gasteiger partial charge on any atom is 0.416 e. The van der Waals surface area contributed by atoms with Crippen molar-refractivity contribution in [1.82, 2.24) is 20.0 Å². The van der Waals surface area contributed by atoms with Crippen LogP contribution in [0.15, 0.2) is 41.6 Å². The van der Waals surface area contributed by atoms with E-state index >= 15 is 0 Å². The summed E-state index contributed by atoms with van der Waals surface area (Å²) in [5, 5.41) is 2.10. The van der Waals surface area contributed by atoms with E-state index in [-0.39, 0.29) is 11.6 Å². The molecular formula is C15H13F3N4O5S. The first-order chi connectivity index (χ1) is 13.0. The summed E-state index contributed by atoms with van der Waals surface area (Å²) < 4.78 is 67.9. The smallest absolute Gasteiger partial charge is 0.416 e. The average Bonchev–Trinajstić information content (AvgIpc) is 2.65. The molecule has 0 bridgehead atoms. The lowest BCUT2D eigenvalue weighted by Crippen LogP contribution is -2.39. The number of amides is 2. The van der Waals surface area contributed by atoms with Gasteiger partial charge in [0.05, 0.1) is 31.6 Å². The van der Waals surface area contributed by atoms with E-state index in [9.17, 15) is 31.2 Å². The summed E-state index contributed by atoms with van der Waals surface area (Å²) in [7, 11) is -2.99. The summed E-state index contributed by atoms with van der Waals surface area (Å²) in [4.78, 5) is 30.4. The molecule has 2 amide bonds. The third-order valence-corrected chi connectivity index (χ3v) is 4.56. The molecule has 0 aliphatic rings. The maximum atomic E-state index is 12.5. The Bertz CT molecular complexity index is 961. The van der Waals surface area contributed by atoms with E-state index in [1.807, 2.05) is 0 Å². The predicted octanol–water partition coefficient (Wildman–Crippen LogP) is 0.739. The van der Waals surface area contributed by atoms with E-state index in [0.717, 1.165) is 24.5 Å². The number of aromatic nitrogens is 2. The van der Waals surface area contributed by atoms with E-state index < -0.39 is 45.0 Å². The van der Waals surface area contributed by atoms with Crippen LogP contribution in [0.4, 0.5) is 13.2 Å². The number of halogens is 3. The lowest BCUT2D eigenvalue weighted by atomic mass is 10.1. The van der Waals surface area contributed by atoms with Crippen LogP contribution in [0.2, 0.25) is 0 Å². The molecule has 0 radical (unpaired) electrons.